The van der Waals surface area contributed by atoms with E-state index in [1.807, 2.05) is 57.2 Å². The van der Waals surface area contributed by atoms with Crippen molar-refractivity contribution in [2.75, 3.05) is 11.9 Å². The van der Waals surface area contributed by atoms with Crippen LogP contribution < -0.4 is 10.6 Å². The summed E-state index contributed by atoms with van der Waals surface area (Å²) in [6.07, 6.45) is 3.91. The molecule has 0 saturated carbocycles. The number of pyridine rings is 1. The fourth-order valence-electron chi connectivity index (χ4n) is 2.27. The van der Waals surface area contributed by atoms with Gasteiger partial charge in [-0.3, -0.25) is 9.78 Å². The Morgan fingerprint density at radius 1 is 1.00 bits per heavy atom. The van der Waals surface area contributed by atoms with Crippen molar-refractivity contribution in [3.8, 4) is 0 Å². The van der Waals surface area contributed by atoms with Crippen molar-refractivity contribution in [1.82, 2.24) is 10.3 Å². The van der Waals surface area contributed by atoms with Gasteiger partial charge in [-0.2, -0.15) is 0 Å². The van der Waals surface area contributed by atoms with Gasteiger partial charge in [-0.15, -0.1) is 0 Å². The predicted molar refractivity (Wildman–Crippen MR) is 101 cm³/mol. The van der Waals surface area contributed by atoms with E-state index in [4.69, 9.17) is 4.74 Å². The maximum atomic E-state index is 12.0. The normalized spacial score (nSPS) is 10.9. The Kier molecular flexibility index (Phi) is 6.72. The zero-order valence-electron chi connectivity index (χ0n) is 15.4. The van der Waals surface area contributed by atoms with Crippen LogP contribution in [-0.4, -0.2) is 29.1 Å². The smallest absolute Gasteiger partial charge is 0.407 e. The van der Waals surface area contributed by atoms with Gasteiger partial charge in [0.15, 0.2) is 0 Å². The molecule has 6 heteroatoms. The standard InChI is InChI=1S/C20H25N3O3/c1-20(2,3)26-19(25)22-13-10-15-4-6-17(7-5-15)23-18(24)14-16-8-11-21-12-9-16/h4-9,11-12H,10,13-14H2,1-3H3,(H,22,25)(H,23,24). The second-order valence-electron chi connectivity index (χ2n) is 6.96. The molecule has 0 unspecified atom stereocenters. The number of amides is 2. The number of rotatable bonds is 6. The van der Waals surface area contributed by atoms with Gasteiger partial charge in [0, 0.05) is 24.6 Å². The van der Waals surface area contributed by atoms with Crippen LogP contribution in [0.15, 0.2) is 48.8 Å². The molecular formula is C20H25N3O3. The van der Waals surface area contributed by atoms with Crippen LogP contribution in [0.4, 0.5) is 10.5 Å². The van der Waals surface area contributed by atoms with Gasteiger partial charge in [0.05, 0.1) is 6.42 Å². The number of anilines is 1. The van der Waals surface area contributed by atoms with Crippen molar-refractivity contribution < 1.29 is 14.3 Å². The highest BCUT2D eigenvalue weighted by Crippen LogP contribution is 2.11. The van der Waals surface area contributed by atoms with E-state index in [9.17, 15) is 9.59 Å². The number of hydrogen-bond donors (Lipinski definition) is 2. The third-order valence-corrected chi connectivity index (χ3v) is 3.43. The van der Waals surface area contributed by atoms with E-state index in [1.165, 1.54) is 0 Å². The largest absolute Gasteiger partial charge is 0.444 e. The van der Waals surface area contributed by atoms with Crippen LogP contribution in [0.25, 0.3) is 0 Å². The van der Waals surface area contributed by atoms with E-state index in [-0.39, 0.29) is 5.91 Å². The molecule has 6 nitrogen and oxygen atoms in total. The Labute approximate surface area is 154 Å². The molecule has 2 amide bonds. The summed E-state index contributed by atoms with van der Waals surface area (Å²) in [4.78, 5) is 27.6. The lowest BCUT2D eigenvalue weighted by atomic mass is 10.1. The van der Waals surface area contributed by atoms with E-state index in [1.54, 1.807) is 12.4 Å². The van der Waals surface area contributed by atoms with Crippen LogP contribution >= 0.6 is 0 Å². The minimum absolute atomic E-state index is 0.0736. The van der Waals surface area contributed by atoms with Crippen molar-refractivity contribution in [3.63, 3.8) is 0 Å². The molecule has 1 heterocycles. The van der Waals surface area contributed by atoms with Crippen molar-refractivity contribution in [1.29, 1.82) is 0 Å². The Morgan fingerprint density at radius 2 is 1.65 bits per heavy atom. The molecule has 0 aliphatic rings. The summed E-state index contributed by atoms with van der Waals surface area (Å²) in [6.45, 7) is 5.97. The van der Waals surface area contributed by atoms with Gasteiger partial charge in [0.25, 0.3) is 0 Å². The van der Waals surface area contributed by atoms with Crippen molar-refractivity contribution in [2.24, 2.45) is 0 Å². The first kappa shape index (κ1) is 19.4. The highest BCUT2D eigenvalue weighted by Gasteiger charge is 2.15. The topological polar surface area (TPSA) is 80.3 Å². The van der Waals surface area contributed by atoms with Gasteiger partial charge < -0.3 is 15.4 Å². The van der Waals surface area contributed by atoms with E-state index in [0.717, 1.165) is 16.8 Å². The third kappa shape index (κ3) is 7.34. The van der Waals surface area contributed by atoms with Crippen LogP contribution in [0.2, 0.25) is 0 Å². The second-order valence-corrected chi connectivity index (χ2v) is 6.96. The molecule has 0 saturated heterocycles. The fraction of sp³-hybridized carbons (Fsp3) is 0.350. The van der Waals surface area contributed by atoms with E-state index in [0.29, 0.717) is 19.4 Å². The molecule has 2 rings (SSSR count). The van der Waals surface area contributed by atoms with Gasteiger partial charge in [-0.05, 0) is 62.6 Å². The van der Waals surface area contributed by atoms with Crippen molar-refractivity contribution in [2.45, 2.75) is 39.2 Å². The molecule has 1 aromatic heterocycles. The summed E-state index contributed by atoms with van der Waals surface area (Å²) in [5.74, 6) is -0.0736. The summed E-state index contributed by atoms with van der Waals surface area (Å²) >= 11 is 0. The summed E-state index contributed by atoms with van der Waals surface area (Å²) in [7, 11) is 0. The maximum Gasteiger partial charge on any atom is 0.407 e. The van der Waals surface area contributed by atoms with Gasteiger partial charge in [0.1, 0.15) is 5.60 Å². The van der Waals surface area contributed by atoms with Gasteiger partial charge >= 0.3 is 6.09 Å². The summed E-state index contributed by atoms with van der Waals surface area (Å²) in [5, 5.41) is 5.59. The summed E-state index contributed by atoms with van der Waals surface area (Å²) in [6, 6.07) is 11.2. The van der Waals surface area contributed by atoms with Crippen LogP contribution in [0.1, 0.15) is 31.9 Å². The zero-order chi connectivity index (χ0) is 19.0. The Morgan fingerprint density at radius 3 is 2.27 bits per heavy atom. The Balaban J connectivity index is 1.75. The number of carbonyl (C=O) groups is 2. The number of ether oxygens (including phenoxy) is 1. The molecule has 0 aliphatic carbocycles. The zero-order valence-corrected chi connectivity index (χ0v) is 15.4. The average Bonchev–Trinajstić information content (AvgIpc) is 2.55. The lowest BCUT2D eigenvalue weighted by molar-refractivity contribution is -0.115. The summed E-state index contributed by atoms with van der Waals surface area (Å²) < 4.78 is 5.19. The van der Waals surface area contributed by atoms with Gasteiger partial charge in [-0.1, -0.05) is 12.1 Å². The minimum atomic E-state index is -0.500. The molecule has 0 bridgehead atoms. The first-order valence-electron chi connectivity index (χ1n) is 8.56. The number of alkyl carbamates (subject to hydrolysis) is 1. The minimum Gasteiger partial charge on any atom is -0.444 e. The van der Waals surface area contributed by atoms with Crippen LogP contribution in [0.3, 0.4) is 0 Å². The first-order valence-corrected chi connectivity index (χ1v) is 8.56. The molecule has 26 heavy (non-hydrogen) atoms. The fourth-order valence-corrected chi connectivity index (χ4v) is 2.27. The molecule has 0 aliphatic heterocycles. The Hall–Kier alpha value is -2.89. The second kappa shape index (κ2) is 8.99. The lowest BCUT2D eigenvalue weighted by Crippen LogP contribution is -2.33. The number of carbonyl (C=O) groups excluding carboxylic acids is 2. The Bertz CT molecular complexity index is 722. The van der Waals surface area contributed by atoms with E-state index >= 15 is 0 Å². The van der Waals surface area contributed by atoms with Crippen molar-refractivity contribution >= 4 is 17.7 Å². The number of hydrogen-bond acceptors (Lipinski definition) is 4. The van der Waals surface area contributed by atoms with E-state index in [2.05, 4.69) is 15.6 Å². The molecule has 0 fully saturated rings. The molecule has 0 atom stereocenters. The number of benzene rings is 1. The monoisotopic (exact) mass is 355 g/mol. The molecule has 2 N–H and O–H groups in total. The molecule has 0 radical (unpaired) electrons. The number of nitrogens with one attached hydrogen (secondary N) is 2. The molecule has 1 aromatic carbocycles. The highest BCUT2D eigenvalue weighted by atomic mass is 16.6. The number of nitrogens with zero attached hydrogens (tertiary/aromatic N) is 1. The summed E-state index contributed by atoms with van der Waals surface area (Å²) in [5.41, 5.74) is 2.23. The molecular weight excluding hydrogens is 330 g/mol. The average molecular weight is 355 g/mol. The van der Waals surface area contributed by atoms with Crippen molar-refractivity contribution in [3.05, 3.63) is 59.9 Å². The van der Waals surface area contributed by atoms with Crippen LogP contribution in [0, 0.1) is 0 Å². The SMILES string of the molecule is CC(C)(C)OC(=O)NCCc1ccc(NC(=O)Cc2ccncc2)cc1. The quantitative estimate of drug-likeness (QED) is 0.833. The lowest BCUT2D eigenvalue weighted by Gasteiger charge is -2.19. The maximum absolute atomic E-state index is 12.0. The number of aromatic nitrogens is 1. The van der Waals surface area contributed by atoms with Crippen LogP contribution in [0.5, 0.6) is 0 Å². The first-order chi connectivity index (χ1) is 12.3. The predicted octanol–water partition coefficient (Wildman–Crippen LogP) is 3.33. The molecule has 0 spiro atoms. The van der Waals surface area contributed by atoms with E-state index < -0.39 is 11.7 Å². The third-order valence-electron chi connectivity index (χ3n) is 3.43. The molecule has 2 aromatic rings. The van der Waals surface area contributed by atoms with Gasteiger partial charge in [0.2, 0.25) is 5.91 Å². The van der Waals surface area contributed by atoms with Gasteiger partial charge in [-0.25, -0.2) is 4.79 Å². The van der Waals surface area contributed by atoms with Crippen LogP contribution in [-0.2, 0) is 22.4 Å². The molecule has 138 valence electrons. The highest BCUT2D eigenvalue weighted by molar-refractivity contribution is 5.92.